The molecule has 0 spiro atoms. The minimum Gasteiger partial charge on any atom is -0.390 e. The molecule has 0 radical (unpaired) electrons. The molecule has 6 rings (SSSR count). The van der Waals surface area contributed by atoms with Crippen molar-refractivity contribution in [3.63, 3.8) is 0 Å². The van der Waals surface area contributed by atoms with Crippen LogP contribution in [0.1, 0.15) is 38.5 Å². The molecule has 10 heteroatoms. The summed E-state index contributed by atoms with van der Waals surface area (Å²) < 4.78 is 6.45. The summed E-state index contributed by atoms with van der Waals surface area (Å²) in [6.07, 6.45) is 8.07. The smallest absolute Gasteiger partial charge is 0.390 e. The zero-order valence-corrected chi connectivity index (χ0v) is 14.0. The van der Waals surface area contributed by atoms with E-state index in [9.17, 15) is 14.9 Å². The van der Waals surface area contributed by atoms with Crippen LogP contribution in [-0.4, -0.2) is 30.8 Å². The third-order valence-corrected chi connectivity index (χ3v) is 6.32. The number of rotatable bonds is 4. The fraction of sp³-hybridized carbons (Fsp3) is 0.625. The van der Waals surface area contributed by atoms with E-state index >= 15 is 0 Å². The third-order valence-electron chi connectivity index (χ3n) is 6.32. The molecule has 2 aromatic rings. The van der Waals surface area contributed by atoms with Crippen molar-refractivity contribution in [1.82, 2.24) is 19.9 Å². The van der Waals surface area contributed by atoms with Crippen LogP contribution in [-0.2, 0) is 10.3 Å². The SMILES string of the molecule is O=C(Nc1ccon1)C12C[C@H]3C[C@H](C1)CC(n1cnc([N+](=O)[O-])n1)(C3)C2. The van der Waals surface area contributed by atoms with Crippen molar-refractivity contribution in [2.24, 2.45) is 17.3 Å². The molecule has 0 aromatic carbocycles. The van der Waals surface area contributed by atoms with Gasteiger partial charge in [0.25, 0.3) is 0 Å². The first-order chi connectivity index (χ1) is 12.5. The highest BCUT2D eigenvalue weighted by Crippen LogP contribution is 2.64. The Bertz CT molecular complexity index is 861. The van der Waals surface area contributed by atoms with Gasteiger partial charge >= 0.3 is 5.95 Å². The van der Waals surface area contributed by atoms with Gasteiger partial charge in [0.05, 0.1) is 11.0 Å². The standard InChI is InChI=1S/C16H18N6O4/c23-13(18-12-1-2-26-20-12)15-4-10-3-11(5-15)7-16(6-10,8-15)21-9-17-14(19-21)22(24)25/h1-2,9-11H,3-8H2,(H,18,20,23)/t10-,11-,15?,16?/m1/s1. The zero-order chi connectivity index (χ0) is 17.9. The molecule has 1 amide bonds. The maximum Gasteiger partial charge on any atom is 0.490 e. The summed E-state index contributed by atoms with van der Waals surface area (Å²) in [4.78, 5) is 27.3. The maximum atomic E-state index is 13.1. The van der Waals surface area contributed by atoms with E-state index in [-0.39, 0.29) is 17.4 Å². The molecular weight excluding hydrogens is 340 g/mol. The summed E-state index contributed by atoms with van der Waals surface area (Å²) in [6, 6.07) is 1.62. The van der Waals surface area contributed by atoms with Gasteiger partial charge < -0.3 is 20.0 Å². The molecule has 4 fully saturated rings. The highest BCUT2D eigenvalue weighted by atomic mass is 16.6. The minimum atomic E-state index is -0.579. The number of anilines is 1. The number of aromatic nitrogens is 4. The first-order valence-electron chi connectivity index (χ1n) is 8.76. The lowest BCUT2D eigenvalue weighted by molar-refractivity contribution is -0.394. The Balaban J connectivity index is 1.49. The minimum absolute atomic E-state index is 0.0421. The molecule has 136 valence electrons. The predicted octanol–water partition coefficient (Wildman–Crippen LogP) is 2.11. The van der Waals surface area contributed by atoms with E-state index in [2.05, 4.69) is 20.6 Å². The van der Waals surface area contributed by atoms with Crippen molar-refractivity contribution in [2.75, 3.05) is 5.32 Å². The van der Waals surface area contributed by atoms with Crippen LogP contribution in [0.3, 0.4) is 0 Å². The first kappa shape index (κ1) is 15.5. The van der Waals surface area contributed by atoms with Crippen molar-refractivity contribution in [3.8, 4) is 0 Å². The number of carbonyl (C=O) groups excluding carboxylic acids is 1. The second kappa shape index (κ2) is 5.12. The molecule has 0 unspecified atom stereocenters. The lowest BCUT2D eigenvalue weighted by atomic mass is 9.46. The maximum absolute atomic E-state index is 13.1. The molecule has 4 aliphatic carbocycles. The number of amides is 1. The van der Waals surface area contributed by atoms with Crippen LogP contribution in [0.4, 0.5) is 11.8 Å². The molecule has 4 bridgehead atoms. The lowest BCUT2D eigenvalue weighted by Crippen LogP contribution is -2.60. The summed E-state index contributed by atoms with van der Waals surface area (Å²) in [7, 11) is 0. The number of nitrogens with zero attached hydrogens (tertiary/aromatic N) is 5. The summed E-state index contributed by atoms with van der Waals surface area (Å²) in [5.41, 5.74) is -0.865. The van der Waals surface area contributed by atoms with Gasteiger partial charge in [0, 0.05) is 11.2 Å². The molecule has 0 saturated heterocycles. The van der Waals surface area contributed by atoms with E-state index in [1.807, 2.05) is 0 Å². The summed E-state index contributed by atoms with van der Waals surface area (Å²) in [5.74, 6) is 0.822. The Hall–Kier alpha value is -2.78. The van der Waals surface area contributed by atoms with Gasteiger partial charge in [0.2, 0.25) is 12.2 Å². The second-order valence-corrected chi connectivity index (χ2v) is 8.05. The average molecular weight is 358 g/mol. The fourth-order valence-electron chi connectivity index (χ4n) is 5.84. The number of nitro groups is 1. The van der Waals surface area contributed by atoms with E-state index in [0.29, 0.717) is 24.1 Å². The molecule has 26 heavy (non-hydrogen) atoms. The van der Waals surface area contributed by atoms with Crippen molar-refractivity contribution in [2.45, 2.75) is 44.1 Å². The molecular formula is C16H18N6O4. The Labute approximate surface area is 148 Å². The largest absolute Gasteiger partial charge is 0.490 e. The highest BCUT2D eigenvalue weighted by Gasteiger charge is 2.62. The Morgan fingerprint density at radius 2 is 2.12 bits per heavy atom. The molecule has 0 aliphatic heterocycles. The van der Waals surface area contributed by atoms with Gasteiger partial charge in [-0.1, -0.05) is 10.1 Å². The Kier molecular flexibility index (Phi) is 3.05. The summed E-state index contributed by atoms with van der Waals surface area (Å²) >= 11 is 0. The highest BCUT2D eigenvalue weighted by molar-refractivity contribution is 5.95. The number of carbonyl (C=O) groups is 1. The van der Waals surface area contributed by atoms with Crippen molar-refractivity contribution < 1.29 is 14.2 Å². The lowest BCUT2D eigenvalue weighted by Gasteiger charge is -2.60. The second-order valence-electron chi connectivity index (χ2n) is 8.05. The zero-order valence-electron chi connectivity index (χ0n) is 14.0. The third kappa shape index (κ3) is 2.17. The summed E-state index contributed by atoms with van der Waals surface area (Å²) in [5, 5.41) is 21.7. The number of hydrogen-bond donors (Lipinski definition) is 1. The Morgan fingerprint density at radius 3 is 2.73 bits per heavy atom. The summed E-state index contributed by atoms with van der Waals surface area (Å²) in [6.45, 7) is 0. The topological polar surface area (TPSA) is 129 Å². The Morgan fingerprint density at radius 1 is 1.35 bits per heavy atom. The fourth-order valence-corrected chi connectivity index (χ4v) is 5.84. The van der Waals surface area contributed by atoms with Crippen LogP contribution < -0.4 is 5.32 Å². The molecule has 2 atom stereocenters. The van der Waals surface area contributed by atoms with Crippen LogP contribution in [0.15, 0.2) is 23.2 Å². The monoisotopic (exact) mass is 358 g/mol. The molecule has 4 saturated carbocycles. The van der Waals surface area contributed by atoms with Crippen LogP contribution in [0, 0.1) is 27.4 Å². The number of hydrogen-bond acceptors (Lipinski definition) is 7. The van der Waals surface area contributed by atoms with Gasteiger partial charge in [-0.25, -0.2) is 0 Å². The van der Waals surface area contributed by atoms with Crippen LogP contribution in [0.2, 0.25) is 0 Å². The van der Waals surface area contributed by atoms with Gasteiger partial charge in [-0.3, -0.25) is 4.79 Å². The van der Waals surface area contributed by atoms with Crippen LogP contribution in [0.5, 0.6) is 0 Å². The van der Waals surface area contributed by atoms with Crippen LogP contribution in [0.25, 0.3) is 0 Å². The molecule has 4 aliphatic rings. The molecule has 2 aromatic heterocycles. The average Bonchev–Trinajstić information content (AvgIpc) is 3.25. The van der Waals surface area contributed by atoms with Crippen molar-refractivity contribution >= 4 is 17.7 Å². The van der Waals surface area contributed by atoms with Gasteiger partial charge in [-0.2, -0.15) is 4.68 Å². The number of nitrogens with one attached hydrogen (secondary N) is 1. The van der Waals surface area contributed by atoms with Crippen molar-refractivity contribution in [3.05, 3.63) is 28.8 Å². The van der Waals surface area contributed by atoms with Gasteiger partial charge in [0.15, 0.2) is 5.82 Å². The molecule has 10 nitrogen and oxygen atoms in total. The van der Waals surface area contributed by atoms with E-state index < -0.39 is 10.3 Å². The van der Waals surface area contributed by atoms with Gasteiger partial charge in [-0.15, -0.1) is 0 Å². The van der Waals surface area contributed by atoms with E-state index in [1.54, 1.807) is 10.7 Å². The van der Waals surface area contributed by atoms with Crippen LogP contribution >= 0.6 is 0 Å². The predicted molar refractivity (Wildman–Crippen MR) is 86.9 cm³/mol. The first-order valence-corrected chi connectivity index (χ1v) is 8.76. The quantitative estimate of drug-likeness (QED) is 0.654. The van der Waals surface area contributed by atoms with Gasteiger partial charge in [0.1, 0.15) is 6.26 Å². The van der Waals surface area contributed by atoms with E-state index in [0.717, 1.165) is 32.1 Å². The molecule has 1 N–H and O–H groups in total. The van der Waals surface area contributed by atoms with E-state index in [4.69, 9.17) is 4.52 Å². The van der Waals surface area contributed by atoms with E-state index in [1.165, 1.54) is 12.6 Å². The van der Waals surface area contributed by atoms with Crippen molar-refractivity contribution in [1.29, 1.82) is 0 Å². The normalized spacial score (nSPS) is 34.8. The van der Waals surface area contributed by atoms with Gasteiger partial charge in [-0.05, 0) is 55.3 Å². The molecule has 2 heterocycles.